The Kier molecular flexibility index (Phi) is 2.14. The third-order valence-electron chi connectivity index (χ3n) is 1.36. The summed E-state index contributed by atoms with van der Waals surface area (Å²) in [5.74, 6) is 0. The van der Waals surface area contributed by atoms with Gasteiger partial charge in [-0.3, -0.25) is 0 Å². The molecule has 2 rings (SSSR count). The summed E-state index contributed by atoms with van der Waals surface area (Å²) in [5, 5.41) is 0.900. The largest absolute Gasteiger partial charge is 0.339 e. The fraction of sp³-hybridized carbons (Fsp3) is 0. The number of aromatic nitrogens is 2. The van der Waals surface area contributed by atoms with Gasteiger partial charge in [0.15, 0.2) is 5.16 Å². The Bertz CT molecular complexity index is 329. The molecule has 1 radical (unpaired) electrons. The molecular formula is C9H7N2S. The van der Waals surface area contributed by atoms with Crippen molar-refractivity contribution in [2.45, 2.75) is 10.1 Å². The van der Waals surface area contributed by atoms with Gasteiger partial charge in [0.05, 0.1) is 0 Å². The predicted octanol–water partition coefficient (Wildman–Crippen LogP) is 2.36. The number of aromatic amines is 1. The van der Waals surface area contributed by atoms with Gasteiger partial charge in [0, 0.05) is 17.3 Å². The SMILES string of the molecule is [c]1ccccc1Sc1ncc[nH]1. The van der Waals surface area contributed by atoms with Crippen molar-refractivity contribution in [3.05, 3.63) is 42.7 Å². The van der Waals surface area contributed by atoms with Crippen LogP contribution in [-0.2, 0) is 0 Å². The monoisotopic (exact) mass is 175 g/mol. The highest BCUT2D eigenvalue weighted by molar-refractivity contribution is 7.99. The normalized spacial score (nSPS) is 10.0. The van der Waals surface area contributed by atoms with Crippen LogP contribution < -0.4 is 0 Å². The van der Waals surface area contributed by atoms with Gasteiger partial charge >= 0.3 is 0 Å². The highest BCUT2D eigenvalue weighted by atomic mass is 32.2. The fourth-order valence-electron chi connectivity index (χ4n) is 0.851. The summed E-state index contributed by atoms with van der Waals surface area (Å²) in [6.45, 7) is 0. The lowest BCUT2D eigenvalue weighted by molar-refractivity contribution is 1.06. The highest BCUT2D eigenvalue weighted by Gasteiger charge is 1.96. The van der Waals surface area contributed by atoms with Crippen LogP contribution in [0.1, 0.15) is 0 Å². The Morgan fingerprint density at radius 1 is 1.42 bits per heavy atom. The van der Waals surface area contributed by atoms with Gasteiger partial charge in [0.2, 0.25) is 0 Å². The molecule has 0 aliphatic carbocycles. The van der Waals surface area contributed by atoms with Crippen LogP contribution in [0.15, 0.2) is 46.7 Å². The molecule has 1 heterocycles. The second-order valence-corrected chi connectivity index (χ2v) is 3.25. The number of hydrogen-bond acceptors (Lipinski definition) is 2. The second kappa shape index (κ2) is 3.45. The van der Waals surface area contributed by atoms with Gasteiger partial charge < -0.3 is 4.98 Å². The van der Waals surface area contributed by atoms with Crippen molar-refractivity contribution in [2.75, 3.05) is 0 Å². The molecule has 0 saturated carbocycles. The molecule has 0 amide bonds. The van der Waals surface area contributed by atoms with E-state index in [0.717, 1.165) is 10.1 Å². The van der Waals surface area contributed by atoms with Crippen molar-refractivity contribution in [1.82, 2.24) is 9.97 Å². The minimum atomic E-state index is 0.900. The van der Waals surface area contributed by atoms with E-state index in [1.165, 1.54) is 0 Å². The van der Waals surface area contributed by atoms with E-state index in [1.54, 1.807) is 18.0 Å². The predicted molar refractivity (Wildman–Crippen MR) is 48.0 cm³/mol. The molecule has 2 nitrogen and oxygen atoms in total. The minimum Gasteiger partial charge on any atom is -0.339 e. The molecule has 1 N–H and O–H groups in total. The average molecular weight is 175 g/mol. The van der Waals surface area contributed by atoms with Crippen LogP contribution in [0.5, 0.6) is 0 Å². The van der Waals surface area contributed by atoms with Crippen molar-refractivity contribution >= 4 is 11.8 Å². The molecule has 2 aromatic rings. The molecule has 0 bridgehead atoms. The van der Waals surface area contributed by atoms with Gasteiger partial charge in [-0.25, -0.2) is 4.98 Å². The van der Waals surface area contributed by atoms with Crippen LogP contribution in [-0.4, -0.2) is 9.97 Å². The lowest BCUT2D eigenvalue weighted by Crippen LogP contribution is -1.74. The van der Waals surface area contributed by atoms with E-state index in [4.69, 9.17) is 0 Å². The maximum absolute atomic E-state index is 4.10. The minimum absolute atomic E-state index is 0.900. The molecule has 0 aliphatic heterocycles. The first-order valence-corrected chi connectivity index (χ1v) is 4.41. The zero-order chi connectivity index (χ0) is 8.23. The van der Waals surface area contributed by atoms with E-state index >= 15 is 0 Å². The molecule has 0 aliphatic rings. The Hall–Kier alpha value is -1.22. The summed E-state index contributed by atoms with van der Waals surface area (Å²) in [7, 11) is 0. The topological polar surface area (TPSA) is 28.7 Å². The van der Waals surface area contributed by atoms with Crippen molar-refractivity contribution in [3.63, 3.8) is 0 Å². The molecule has 59 valence electrons. The Labute approximate surface area is 75.0 Å². The number of benzene rings is 1. The Morgan fingerprint density at radius 3 is 3.08 bits per heavy atom. The van der Waals surface area contributed by atoms with Crippen LogP contribution in [0.3, 0.4) is 0 Å². The summed E-state index contributed by atoms with van der Waals surface area (Å²) in [4.78, 5) is 8.19. The van der Waals surface area contributed by atoms with Gasteiger partial charge in [-0.1, -0.05) is 30.0 Å². The van der Waals surface area contributed by atoms with Crippen molar-refractivity contribution in [2.24, 2.45) is 0 Å². The van der Waals surface area contributed by atoms with Crippen LogP contribution >= 0.6 is 11.8 Å². The summed E-state index contributed by atoms with van der Waals surface area (Å²) in [6.07, 6.45) is 3.55. The van der Waals surface area contributed by atoms with Crippen LogP contribution in [0.4, 0.5) is 0 Å². The maximum atomic E-state index is 4.10. The van der Waals surface area contributed by atoms with Crippen molar-refractivity contribution in [3.8, 4) is 0 Å². The quantitative estimate of drug-likeness (QED) is 0.759. The molecule has 0 unspecified atom stereocenters. The van der Waals surface area contributed by atoms with E-state index in [9.17, 15) is 0 Å². The molecule has 0 saturated heterocycles. The summed E-state index contributed by atoms with van der Waals surface area (Å²) >= 11 is 1.57. The van der Waals surface area contributed by atoms with Gasteiger partial charge in [-0.05, 0) is 12.1 Å². The van der Waals surface area contributed by atoms with E-state index in [0.29, 0.717) is 0 Å². The number of nitrogens with zero attached hydrogens (tertiary/aromatic N) is 1. The van der Waals surface area contributed by atoms with Gasteiger partial charge in [-0.15, -0.1) is 0 Å². The van der Waals surface area contributed by atoms with Gasteiger partial charge in [0.1, 0.15) is 0 Å². The van der Waals surface area contributed by atoms with E-state index in [2.05, 4.69) is 16.0 Å². The third-order valence-corrected chi connectivity index (χ3v) is 2.25. The summed E-state index contributed by atoms with van der Waals surface area (Å²) < 4.78 is 0. The number of hydrogen-bond donors (Lipinski definition) is 1. The smallest absolute Gasteiger partial charge is 0.170 e. The molecular weight excluding hydrogens is 168 g/mol. The molecule has 1 aromatic carbocycles. The van der Waals surface area contributed by atoms with Crippen molar-refractivity contribution in [1.29, 1.82) is 0 Å². The molecule has 0 fully saturated rings. The summed E-state index contributed by atoms with van der Waals surface area (Å²) in [6, 6.07) is 10.9. The zero-order valence-electron chi connectivity index (χ0n) is 6.32. The first-order valence-electron chi connectivity index (χ1n) is 3.59. The van der Waals surface area contributed by atoms with Crippen molar-refractivity contribution < 1.29 is 0 Å². The number of H-pyrrole nitrogens is 1. The lowest BCUT2D eigenvalue weighted by atomic mass is 10.4. The maximum Gasteiger partial charge on any atom is 0.170 e. The van der Waals surface area contributed by atoms with E-state index in [1.807, 2.05) is 30.5 Å². The standard InChI is InChI=1S/C9H7N2S/c1-2-4-8(5-3-1)12-9-10-6-7-11-9/h1-4,6-7H,(H,10,11). The summed E-state index contributed by atoms with van der Waals surface area (Å²) in [5.41, 5.74) is 0. The lowest BCUT2D eigenvalue weighted by Gasteiger charge is -1.94. The van der Waals surface area contributed by atoms with Crippen LogP contribution in [0.25, 0.3) is 0 Å². The van der Waals surface area contributed by atoms with Gasteiger partial charge in [0.25, 0.3) is 0 Å². The number of nitrogens with one attached hydrogen (secondary N) is 1. The van der Waals surface area contributed by atoms with E-state index < -0.39 is 0 Å². The first kappa shape index (κ1) is 7.43. The molecule has 0 spiro atoms. The van der Waals surface area contributed by atoms with Crippen LogP contribution in [0.2, 0.25) is 0 Å². The molecule has 12 heavy (non-hydrogen) atoms. The average Bonchev–Trinajstić information content (AvgIpc) is 2.59. The Morgan fingerprint density at radius 2 is 2.42 bits per heavy atom. The molecule has 1 aromatic heterocycles. The number of rotatable bonds is 2. The zero-order valence-corrected chi connectivity index (χ0v) is 7.14. The first-order chi connectivity index (χ1) is 5.95. The van der Waals surface area contributed by atoms with Gasteiger partial charge in [-0.2, -0.15) is 0 Å². The molecule has 0 atom stereocenters. The van der Waals surface area contributed by atoms with E-state index in [-0.39, 0.29) is 0 Å². The Balaban J connectivity index is 2.15. The fourth-order valence-corrected chi connectivity index (χ4v) is 1.57. The highest BCUT2D eigenvalue weighted by Crippen LogP contribution is 2.22. The second-order valence-electron chi connectivity index (χ2n) is 2.22. The third kappa shape index (κ3) is 1.68. The molecule has 3 heteroatoms. The number of imidazole rings is 1. The van der Waals surface area contributed by atoms with Crippen LogP contribution in [0, 0.1) is 6.07 Å².